The number of thioether (sulfide) groups is 1. The highest BCUT2D eigenvalue weighted by Gasteiger charge is 2.26. The monoisotopic (exact) mass is 374 g/mol. The third-order valence-corrected chi connectivity index (χ3v) is 5.48. The molecule has 1 fully saturated rings. The molecule has 142 valence electrons. The molecule has 1 N–H and O–H groups in total. The van der Waals surface area contributed by atoms with Crippen molar-refractivity contribution < 1.29 is 18.0 Å². The number of carbonyl (C=O) groups excluding carboxylic acids is 1. The van der Waals surface area contributed by atoms with E-state index in [4.69, 9.17) is 4.42 Å². The van der Waals surface area contributed by atoms with E-state index in [1.165, 1.54) is 0 Å². The van der Waals surface area contributed by atoms with Gasteiger partial charge in [-0.3, -0.25) is 4.79 Å². The summed E-state index contributed by atoms with van der Waals surface area (Å²) in [5, 5.41) is 3.45. The fraction of sp³-hybridized carbons (Fsp3) is 0.722. The number of hydrogen-bond donors (Lipinski definition) is 1. The number of alkyl halides is 2. The molecule has 1 aliphatic heterocycles. The van der Waals surface area contributed by atoms with Gasteiger partial charge >= 0.3 is 0 Å². The molecule has 0 spiro atoms. The molecule has 0 atom stereocenters. The number of halogens is 2. The molecule has 0 radical (unpaired) electrons. The predicted molar refractivity (Wildman–Crippen MR) is 96.5 cm³/mol. The molecule has 2 rings (SSSR count). The number of piperidine rings is 1. The first-order valence-corrected chi connectivity index (χ1v) is 10.1. The smallest absolute Gasteiger partial charge is 0.284 e. The second kappa shape index (κ2) is 10.2. The Labute approximate surface area is 152 Å². The van der Waals surface area contributed by atoms with Crippen LogP contribution in [0.2, 0.25) is 0 Å². The quantitative estimate of drug-likeness (QED) is 0.702. The Morgan fingerprint density at radius 3 is 2.52 bits per heavy atom. The Bertz CT molecular complexity index is 527. The van der Waals surface area contributed by atoms with Gasteiger partial charge in [0.05, 0.1) is 12.3 Å². The maximum absolute atomic E-state index is 12.4. The highest BCUT2D eigenvalue weighted by molar-refractivity contribution is 7.98. The van der Waals surface area contributed by atoms with E-state index in [9.17, 15) is 13.6 Å². The number of carbonyl (C=O) groups is 1. The molecule has 2 heterocycles. The van der Waals surface area contributed by atoms with Crippen LogP contribution in [0, 0.1) is 5.92 Å². The average molecular weight is 374 g/mol. The lowest BCUT2D eigenvalue weighted by atomic mass is 9.98. The first-order chi connectivity index (χ1) is 12.0. The van der Waals surface area contributed by atoms with Crippen molar-refractivity contribution in [1.29, 1.82) is 0 Å². The Hall–Kier alpha value is -1.08. The third kappa shape index (κ3) is 6.29. The lowest BCUT2D eigenvalue weighted by molar-refractivity contribution is -0.136. The number of nitrogens with zero attached hydrogens (tertiary/aromatic N) is 1. The fourth-order valence-corrected chi connectivity index (χ4v) is 3.63. The van der Waals surface area contributed by atoms with Crippen LogP contribution in [0.1, 0.15) is 51.1 Å². The van der Waals surface area contributed by atoms with Gasteiger partial charge in [0, 0.05) is 25.0 Å². The van der Waals surface area contributed by atoms with Crippen LogP contribution in [-0.4, -0.2) is 35.7 Å². The van der Waals surface area contributed by atoms with Crippen molar-refractivity contribution in [3.8, 4) is 0 Å². The lowest BCUT2D eigenvalue weighted by Crippen LogP contribution is -2.46. The molecule has 0 unspecified atom stereocenters. The van der Waals surface area contributed by atoms with Crippen molar-refractivity contribution in [1.82, 2.24) is 10.2 Å². The van der Waals surface area contributed by atoms with E-state index in [1.807, 2.05) is 11.0 Å². The zero-order valence-corrected chi connectivity index (χ0v) is 15.8. The summed E-state index contributed by atoms with van der Waals surface area (Å²) >= 11 is 0.568. The molecule has 0 bridgehead atoms. The van der Waals surface area contributed by atoms with E-state index in [0.29, 0.717) is 30.1 Å². The topological polar surface area (TPSA) is 45.5 Å². The van der Waals surface area contributed by atoms with Crippen molar-refractivity contribution >= 4 is 17.7 Å². The van der Waals surface area contributed by atoms with Crippen LogP contribution in [0.5, 0.6) is 0 Å². The maximum atomic E-state index is 12.4. The Morgan fingerprint density at radius 1 is 1.28 bits per heavy atom. The minimum absolute atomic E-state index is 0.150. The van der Waals surface area contributed by atoms with Gasteiger partial charge in [-0.05, 0) is 37.8 Å². The van der Waals surface area contributed by atoms with Crippen LogP contribution in [0.4, 0.5) is 8.78 Å². The van der Waals surface area contributed by atoms with Gasteiger partial charge in [-0.15, -0.1) is 0 Å². The van der Waals surface area contributed by atoms with Gasteiger partial charge in [-0.25, -0.2) is 0 Å². The average Bonchev–Trinajstić information content (AvgIpc) is 3.07. The summed E-state index contributed by atoms with van der Waals surface area (Å²) in [6, 6.07) is 3.94. The summed E-state index contributed by atoms with van der Waals surface area (Å²) in [4.78, 5) is 14.4. The number of nitrogens with one attached hydrogen (secondary N) is 1. The number of amides is 1. The van der Waals surface area contributed by atoms with Gasteiger partial charge in [0.2, 0.25) is 5.91 Å². The van der Waals surface area contributed by atoms with Crippen molar-refractivity contribution in [2.45, 2.75) is 63.6 Å². The zero-order valence-electron chi connectivity index (χ0n) is 15.0. The van der Waals surface area contributed by atoms with E-state index in [-0.39, 0.29) is 17.6 Å². The summed E-state index contributed by atoms with van der Waals surface area (Å²) in [5.41, 5.74) is 0. The van der Waals surface area contributed by atoms with Gasteiger partial charge in [-0.2, -0.15) is 8.78 Å². The minimum atomic E-state index is -2.38. The first kappa shape index (κ1) is 20.2. The molecule has 7 heteroatoms. The molecule has 1 aliphatic rings. The molecule has 4 nitrogen and oxygen atoms in total. The number of rotatable bonds is 9. The van der Waals surface area contributed by atoms with Crippen LogP contribution in [0.15, 0.2) is 16.5 Å². The van der Waals surface area contributed by atoms with E-state index in [1.54, 1.807) is 6.07 Å². The van der Waals surface area contributed by atoms with E-state index >= 15 is 0 Å². The normalized spacial score (nSPS) is 16.2. The minimum Gasteiger partial charge on any atom is -0.464 e. The second-order valence-electron chi connectivity index (χ2n) is 6.43. The molecule has 1 aromatic heterocycles. The Kier molecular flexibility index (Phi) is 8.22. The van der Waals surface area contributed by atoms with Crippen molar-refractivity contribution in [3.63, 3.8) is 0 Å². The molecule has 1 amide bonds. The van der Waals surface area contributed by atoms with Crippen molar-refractivity contribution in [2.75, 3.05) is 13.1 Å². The predicted octanol–water partition coefficient (Wildman–Crippen LogP) is 4.25. The largest absolute Gasteiger partial charge is 0.464 e. The van der Waals surface area contributed by atoms with Gasteiger partial charge in [0.1, 0.15) is 11.5 Å². The summed E-state index contributed by atoms with van der Waals surface area (Å²) in [6.45, 7) is 6.31. The molecule has 0 saturated carbocycles. The van der Waals surface area contributed by atoms with Crippen molar-refractivity contribution in [3.05, 3.63) is 23.7 Å². The fourth-order valence-electron chi connectivity index (χ4n) is 3.19. The SMILES string of the molecule is CCC(CC)C(=O)N1CCC(NCc2ccc(CSC(F)F)o2)CC1. The standard InChI is InChI=1S/C18H28F2N2O2S/c1-3-13(4-2)17(23)22-9-7-14(8-10-22)21-11-15-5-6-16(24-15)12-25-18(19)20/h5-6,13-14,18,21H,3-4,7-12H2,1-2H3. The van der Waals surface area contributed by atoms with Crippen molar-refractivity contribution in [2.24, 2.45) is 5.92 Å². The second-order valence-corrected chi connectivity index (χ2v) is 7.41. The Morgan fingerprint density at radius 2 is 1.92 bits per heavy atom. The van der Waals surface area contributed by atoms with Crippen LogP contribution < -0.4 is 5.32 Å². The zero-order chi connectivity index (χ0) is 18.2. The third-order valence-electron chi connectivity index (χ3n) is 4.78. The maximum Gasteiger partial charge on any atom is 0.284 e. The van der Waals surface area contributed by atoms with Gasteiger partial charge < -0.3 is 14.6 Å². The van der Waals surface area contributed by atoms with E-state index in [2.05, 4.69) is 19.2 Å². The number of furan rings is 1. The molecule has 0 aromatic carbocycles. The summed E-state index contributed by atoms with van der Waals surface area (Å²) in [6.07, 6.45) is 3.66. The van der Waals surface area contributed by atoms with E-state index < -0.39 is 5.76 Å². The summed E-state index contributed by atoms with van der Waals surface area (Å²) in [5.74, 6) is -0.408. The number of likely N-dealkylation sites (tertiary alicyclic amines) is 1. The summed E-state index contributed by atoms with van der Waals surface area (Å²) in [7, 11) is 0. The van der Waals surface area contributed by atoms with Crippen LogP contribution in [0.3, 0.4) is 0 Å². The molecule has 1 saturated heterocycles. The Balaban J connectivity index is 1.71. The van der Waals surface area contributed by atoms with Gasteiger partial charge in [0.15, 0.2) is 0 Å². The molecular formula is C18H28F2N2O2S. The molecular weight excluding hydrogens is 346 g/mol. The van der Waals surface area contributed by atoms with Crippen LogP contribution >= 0.6 is 11.8 Å². The first-order valence-electron chi connectivity index (χ1n) is 9.03. The highest BCUT2D eigenvalue weighted by atomic mass is 32.2. The summed E-state index contributed by atoms with van der Waals surface area (Å²) < 4.78 is 29.9. The molecule has 0 aliphatic carbocycles. The molecule has 25 heavy (non-hydrogen) atoms. The lowest BCUT2D eigenvalue weighted by Gasteiger charge is -2.34. The van der Waals surface area contributed by atoms with Crippen LogP contribution in [-0.2, 0) is 17.1 Å². The molecule has 1 aromatic rings. The van der Waals surface area contributed by atoms with Gasteiger partial charge in [0.25, 0.3) is 5.76 Å². The van der Waals surface area contributed by atoms with Crippen LogP contribution in [0.25, 0.3) is 0 Å². The number of hydrogen-bond acceptors (Lipinski definition) is 4. The van der Waals surface area contributed by atoms with Gasteiger partial charge in [-0.1, -0.05) is 25.6 Å². The highest BCUT2D eigenvalue weighted by Crippen LogP contribution is 2.22. The van der Waals surface area contributed by atoms with E-state index in [0.717, 1.165) is 44.5 Å².